The molecule has 2 aliphatic rings. The Morgan fingerprint density at radius 3 is 2.46 bits per heavy atom. The van der Waals surface area contributed by atoms with Gasteiger partial charge in [-0.25, -0.2) is 4.39 Å². The summed E-state index contributed by atoms with van der Waals surface area (Å²) in [5.74, 6) is -4.18. The SMILES string of the molecule is O=C(Nc1ccccc1F)c1ccsc1NC(=O)[C@@H]1[C@H](C(=O)O)[C@@H]2C=C[C@H]1C2. The maximum atomic E-state index is 13.8. The first kappa shape index (κ1) is 18.4. The number of benzene rings is 1. The number of hydrogen-bond donors (Lipinski definition) is 3. The smallest absolute Gasteiger partial charge is 0.307 e. The van der Waals surface area contributed by atoms with E-state index in [4.69, 9.17) is 0 Å². The summed E-state index contributed by atoms with van der Waals surface area (Å²) in [6, 6.07) is 7.33. The van der Waals surface area contributed by atoms with E-state index in [1.54, 1.807) is 11.4 Å². The number of thiophene rings is 1. The highest BCUT2D eigenvalue weighted by atomic mass is 32.1. The Kier molecular flexibility index (Phi) is 4.72. The summed E-state index contributed by atoms with van der Waals surface area (Å²) in [6.45, 7) is 0. The highest BCUT2D eigenvalue weighted by Gasteiger charge is 2.51. The molecule has 1 fully saturated rings. The first-order valence-corrected chi connectivity index (χ1v) is 9.69. The second-order valence-corrected chi connectivity index (χ2v) is 7.84. The molecule has 0 saturated heterocycles. The lowest BCUT2D eigenvalue weighted by Crippen LogP contribution is -2.36. The molecule has 28 heavy (non-hydrogen) atoms. The quantitative estimate of drug-likeness (QED) is 0.668. The largest absolute Gasteiger partial charge is 0.481 e. The number of carboxylic acids is 1. The number of anilines is 2. The van der Waals surface area contributed by atoms with Crippen molar-refractivity contribution in [3.63, 3.8) is 0 Å². The highest BCUT2D eigenvalue weighted by Crippen LogP contribution is 2.48. The molecule has 3 N–H and O–H groups in total. The minimum absolute atomic E-state index is 0.0418. The second-order valence-electron chi connectivity index (χ2n) is 6.92. The van der Waals surface area contributed by atoms with E-state index in [1.165, 1.54) is 24.3 Å². The maximum absolute atomic E-state index is 13.8. The van der Waals surface area contributed by atoms with Gasteiger partial charge in [-0.15, -0.1) is 11.3 Å². The van der Waals surface area contributed by atoms with Crippen LogP contribution in [0, 0.1) is 29.5 Å². The van der Waals surface area contributed by atoms with E-state index in [9.17, 15) is 23.9 Å². The summed E-state index contributed by atoms with van der Waals surface area (Å²) in [5.41, 5.74) is 0.243. The topological polar surface area (TPSA) is 95.5 Å². The zero-order valence-corrected chi connectivity index (χ0v) is 15.4. The van der Waals surface area contributed by atoms with E-state index >= 15 is 0 Å². The molecule has 4 atom stereocenters. The summed E-state index contributed by atoms with van der Waals surface area (Å²) in [5, 5.41) is 16.7. The van der Waals surface area contributed by atoms with Crippen LogP contribution < -0.4 is 10.6 Å². The van der Waals surface area contributed by atoms with Crippen LogP contribution in [0.3, 0.4) is 0 Å². The first-order valence-electron chi connectivity index (χ1n) is 8.81. The molecule has 0 unspecified atom stereocenters. The van der Waals surface area contributed by atoms with E-state index in [2.05, 4.69) is 10.6 Å². The number of aliphatic carboxylic acids is 1. The van der Waals surface area contributed by atoms with Gasteiger partial charge in [0.25, 0.3) is 5.91 Å². The van der Waals surface area contributed by atoms with Crippen molar-refractivity contribution >= 4 is 39.8 Å². The zero-order valence-electron chi connectivity index (χ0n) is 14.6. The van der Waals surface area contributed by atoms with Gasteiger partial charge in [0, 0.05) is 0 Å². The summed E-state index contributed by atoms with van der Waals surface area (Å²) in [4.78, 5) is 36.9. The zero-order chi connectivity index (χ0) is 19.8. The summed E-state index contributed by atoms with van der Waals surface area (Å²) in [6.07, 6.45) is 4.42. The number of halogens is 1. The lowest BCUT2D eigenvalue weighted by atomic mass is 9.82. The van der Waals surface area contributed by atoms with Gasteiger partial charge in [-0.05, 0) is 41.8 Å². The number of rotatable bonds is 5. The van der Waals surface area contributed by atoms with Gasteiger partial charge in [0.15, 0.2) is 0 Å². The molecule has 0 spiro atoms. The van der Waals surface area contributed by atoms with Gasteiger partial charge in [0.1, 0.15) is 10.8 Å². The number of fused-ring (bicyclic) bond motifs is 2. The molecule has 1 aromatic heterocycles. The van der Waals surface area contributed by atoms with Crippen LogP contribution in [0.4, 0.5) is 15.1 Å². The van der Waals surface area contributed by atoms with E-state index < -0.39 is 35.4 Å². The third-order valence-corrected chi connectivity index (χ3v) is 6.15. The highest BCUT2D eigenvalue weighted by molar-refractivity contribution is 7.14. The number of allylic oxidation sites excluding steroid dienone is 2. The number of hydrogen-bond acceptors (Lipinski definition) is 4. The van der Waals surface area contributed by atoms with E-state index in [-0.39, 0.29) is 23.1 Å². The molecule has 0 radical (unpaired) electrons. The molecule has 4 rings (SSSR count). The molecular formula is C20H17FN2O4S. The van der Waals surface area contributed by atoms with E-state index in [0.29, 0.717) is 11.4 Å². The number of amides is 2. The fourth-order valence-corrected chi connectivity index (χ4v) is 4.84. The van der Waals surface area contributed by atoms with Crippen molar-refractivity contribution in [2.75, 3.05) is 10.6 Å². The van der Waals surface area contributed by atoms with Gasteiger partial charge in [-0.2, -0.15) is 0 Å². The van der Waals surface area contributed by atoms with Crippen LogP contribution in [0.1, 0.15) is 16.8 Å². The summed E-state index contributed by atoms with van der Waals surface area (Å²) >= 11 is 1.16. The molecule has 6 nitrogen and oxygen atoms in total. The Hall–Kier alpha value is -3.00. The average molecular weight is 400 g/mol. The van der Waals surface area contributed by atoms with Gasteiger partial charge < -0.3 is 15.7 Å². The third-order valence-electron chi connectivity index (χ3n) is 5.32. The summed E-state index contributed by atoms with van der Waals surface area (Å²) in [7, 11) is 0. The maximum Gasteiger partial charge on any atom is 0.307 e. The third kappa shape index (κ3) is 3.20. The van der Waals surface area contributed by atoms with Gasteiger partial charge in [0.2, 0.25) is 5.91 Å². The molecule has 0 aliphatic heterocycles. The molecule has 2 bridgehead atoms. The molecule has 2 aliphatic carbocycles. The van der Waals surface area contributed by atoms with Crippen molar-refractivity contribution in [2.24, 2.45) is 23.7 Å². The normalized spacial score (nSPS) is 24.9. The van der Waals surface area contributed by atoms with Crippen LogP contribution in [0.5, 0.6) is 0 Å². The fraction of sp³-hybridized carbons (Fsp3) is 0.250. The minimum Gasteiger partial charge on any atom is -0.481 e. The van der Waals surface area contributed by atoms with Crippen molar-refractivity contribution in [3.05, 3.63) is 59.2 Å². The predicted octanol–water partition coefficient (Wildman–Crippen LogP) is 3.60. The van der Waals surface area contributed by atoms with E-state index in [1.807, 2.05) is 12.2 Å². The summed E-state index contributed by atoms with van der Waals surface area (Å²) < 4.78 is 13.8. The number of carbonyl (C=O) groups excluding carboxylic acids is 2. The standard InChI is InChI=1S/C20H17FN2O4S/c21-13-3-1-2-4-14(13)22-17(24)12-7-8-28-19(12)23-18(25)15-10-5-6-11(9-10)16(15)20(26)27/h1-8,10-11,15-16H,9H2,(H,22,24)(H,23,25)(H,26,27)/t10-,11+,15-,16+/m0/s1. The van der Waals surface area contributed by atoms with Crippen LogP contribution in [0.15, 0.2) is 47.9 Å². The molecule has 2 aromatic rings. The molecule has 144 valence electrons. The monoisotopic (exact) mass is 400 g/mol. The number of para-hydroxylation sites is 1. The minimum atomic E-state index is -0.985. The van der Waals surface area contributed by atoms with Crippen molar-refractivity contribution < 1.29 is 23.9 Å². The van der Waals surface area contributed by atoms with E-state index in [0.717, 1.165) is 11.3 Å². The molecule has 1 heterocycles. The molecule has 8 heteroatoms. The number of carboxylic acid groups (broad SMARTS) is 1. The fourth-order valence-electron chi connectivity index (χ4n) is 4.05. The molecule has 1 aromatic carbocycles. The predicted molar refractivity (Wildman–Crippen MR) is 103 cm³/mol. The van der Waals surface area contributed by atoms with Gasteiger partial charge in [-0.3, -0.25) is 14.4 Å². The molecule has 1 saturated carbocycles. The average Bonchev–Trinajstić information content (AvgIpc) is 3.38. The van der Waals surface area contributed by atoms with Crippen LogP contribution in [-0.4, -0.2) is 22.9 Å². The van der Waals surface area contributed by atoms with Crippen LogP contribution >= 0.6 is 11.3 Å². The van der Waals surface area contributed by atoms with Crippen molar-refractivity contribution in [2.45, 2.75) is 6.42 Å². The Labute approximate surface area is 164 Å². The Morgan fingerprint density at radius 2 is 1.75 bits per heavy atom. The Balaban J connectivity index is 1.51. The van der Waals surface area contributed by atoms with Crippen LogP contribution in [-0.2, 0) is 9.59 Å². The van der Waals surface area contributed by atoms with Gasteiger partial charge in [-0.1, -0.05) is 24.3 Å². The van der Waals surface area contributed by atoms with Crippen LogP contribution in [0.2, 0.25) is 0 Å². The van der Waals surface area contributed by atoms with Crippen molar-refractivity contribution in [1.29, 1.82) is 0 Å². The van der Waals surface area contributed by atoms with Gasteiger partial charge in [0.05, 0.1) is 23.1 Å². The Bertz CT molecular complexity index is 986. The molecular weight excluding hydrogens is 383 g/mol. The lowest BCUT2D eigenvalue weighted by molar-refractivity contribution is -0.146. The Morgan fingerprint density at radius 1 is 1.04 bits per heavy atom. The number of nitrogens with one attached hydrogen (secondary N) is 2. The first-order chi connectivity index (χ1) is 13.5. The van der Waals surface area contributed by atoms with Crippen molar-refractivity contribution in [3.8, 4) is 0 Å². The van der Waals surface area contributed by atoms with Crippen molar-refractivity contribution in [1.82, 2.24) is 0 Å². The van der Waals surface area contributed by atoms with Crippen LogP contribution in [0.25, 0.3) is 0 Å². The van der Waals surface area contributed by atoms with Gasteiger partial charge >= 0.3 is 5.97 Å². The second kappa shape index (κ2) is 7.20. The molecule has 2 amide bonds. The lowest BCUT2D eigenvalue weighted by Gasteiger charge is -2.23. The number of carbonyl (C=O) groups is 3.